The van der Waals surface area contributed by atoms with Crippen LogP contribution >= 0.6 is 0 Å². The SMILES string of the molecule is C=CCCCCCC[C@@H](N)B(O)OC12CC(CCC1(C)O)C2(C)C. The molecule has 3 saturated carbocycles. The van der Waals surface area contributed by atoms with Gasteiger partial charge in [0.05, 0.1) is 11.2 Å². The van der Waals surface area contributed by atoms with Crippen molar-refractivity contribution in [1.29, 1.82) is 0 Å². The van der Waals surface area contributed by atoms with Crippen molar-refractivity contribution in [2.45, 2.75) is 95.7 Å². The number of rotatable bonds is 10. The average molecular weight is 337 g/mol. The van der Waals surface area contributed by atoms with Crippen LogP contribution in [0, 0.1) is 11.3 Å². The Labute approximate surface area is 148 Å². The molecule has 24 heavy (non-hydrogen) atoms. The zero-order chi connectivity index (χ0) is 18.0. The largest absolute Gasteiger partial charge is 0.472 e. The number of hydrogen-bond acceptors (Lipinski definition) is 4. The van der Waals surface area contributed by atoms with Crippen LogP contribution in [0.25, 0.3) is 0 Å². The number of hydrogen-bond donors (Lipinski definition) is 3. The van der Waals surface area contributed by atoms with Crippen LogP contribution in [-0.2, 0) is 4.65 Å². The lowest BCUT2D eigenvalue weighted by Crippen LogP contribution is -2.77. The van der Waals surface area contributed by atoms with E-state index in [9.17, 15) is 10.1 Å². The normalized spacial score (nSPS) is 35.2. The Morgan fingerprint density at radius 2 is 1.96 bits per heavy atom. The van der Waals surface area contributed by atoms with E-state index >= 15 is 0 Å². The second-order valence-electron chi connectivity index (χ2n) is 8.71. The van der Waals surface area contributed by atoms with E-state index in [1.165, 1.54) is 12.8 Å². The third kappa shape index (κ3) is 3.46. The Morgan fingerprint density at radius 1 is 1.29 bits per heavy atom. The first kappa shape index (κ1) is 20.0. The number of aliphatic hydroxyl groups is 1. The van der Waals surface area contributed by atoms with Crippen molar-refractivity contribution in [2.75, 3.05) is 0 Å². The molecule has 0 aromatic rings. The summed E-state index contributed by atoms with van der Waals surface area (Å²) in [6.45, 7) is 9.87. The minimum atomic E-state index is -1.01. The van der Waals surface area contributed by atoms with Gasteiger partial charge in [0.2, 0.25) is 0 Å². The van der Waals surface area contributed by atoms with Crippen LogP contribution in [0.4, 0.5) is 0 Å². The molecule has 3 unspecified atom stereocenters. The average Bonchev–Trinajstić information content (AvgIpc) is 2.51. The van der Waals surface area contributed by atoms with E-state index in [2.05, 4.69) is 20.4 Å². The molecule has 3 rings (SSSR count). The molecule has 2 bridgehead atoms. The summed E-state index contributed by atoms with van der Waals surface area (Å²) in [5.41, 5.74) is 4.45. The molecule has 4 N–H and O–H groups in total. The molecule has 0 radical (unpaired) electrons. The zero-order valence-electron chi connectivity index (χ0n) is 15.8. The fourth-order valence-electron chi connectivity index (χ4n) is 4.88. The summed E-state index contributed by atoms with van der Waals surface area (Å²) < 4.78 is 6.10. The Balaban J connectivity index is 1.84. The molecule has 0 spiro atoms. The van der Waals surface area contributed by atoms with Gasteiger partial charge in [0, 0.05) is 5.94 Å². The Kier molecular flexibility index (Phi) is 6.23. The lowest BCUT2D eigenvalue weighted by Gasteiger charge is -2.71. The molecule has 5 heteroatoms. The van der Waals surface area contributed by atoms with Crippen LogP contribution in [-0.4, -0.2) is 34.4 Å². The number of fused-ring (bicyclic) bond motifs is 2. The molecule has 3 fully saturated rings. The number of allylic oxidation sites excluding steroid dienone is 1. The first-order valence-electron chi connectivity index (χ1n) is 9.63. The number of nitrogens with two attached hydrogens (primary N) is 1. The molecule has 3 aliphatic rings. The van der Waals surface area contributed by atoms with E-state index in [-0.39, 0.29) is 5.41 Å². The standard InChI is InChI=1S/C19H36BNO3/c1-5-6-7-8-9-10-11-16(21)20(23)24-19-14-15(17(19,2)3)12-13-18(19,4)22/h5,15-16,22-23H,1,6-14,21H2,2-4H3/t15?,16-,18?,19?/m1/s1. The maximum Gasteiger partial charge on any atom is 0.472 e. The third-order valence-electron chi connectivity index (χ3n) is 6.83. The highest BCUT2D eigenvalue weighted by molar-refractivity contribution is 6.45. The first-order valence-corrected chi connectivity index (χ1v) is 9.63. The van der Waals surface area contributed by atoms with Crippen LogP contribution in [0.2, 0.25) is 0 Å². The van der Waals surface area contributed by atoms with Crippen molar-refractivity contribution in [3.05, 3.63) is 12.7 Å². The molecule has 0 saturated heterocycles. The van der Waals surface area contributed by atoms with E-state index in [0.29, 0.717) is 5.92 Å². The molecule has 0 aromatic heterocycles. The lowest BCUT2D eigenvalue weighted by atomic mass is 9.40. The highest BCUT2D eigenvalue weighted by atomic mass is 16.6. The highest BCUT2D eigenvalue weighted by Gasteiger charge is 2.71. The van der Waals surface area contributed by atoms with Gasteiger partial charge in [-0.1, -0.05) is 39.2 Å². The minimum absolute atomic E-state index is 0.125. The Bertz CT molecular complexity index is 430. The zero-order valence-corrected chi connectivity index (χ0v) is 15.8. The molecular weight excluding hydrogens is 301 g/mol. The molecular formula is C19H36BNO3. The smallest absolute Gasteiger partial charge is 0.426 e. The van der Waals surface area contributed by atoms with Crippen LogP contribution < -0.4 is 5.73 Å². The fraction of sp³-hybridized carbons (Fsp3) is 0.895. The van der Waals surface area contributed by atoms with Gasteiger partial charge in [-0.25, -0.2) is 0 Å². The van der Waals surface area contributed by atoms with Gasteiger partial charge >= 0.3 is 7.12 Å². The van der Waals surface area contributed by atoms with E-state index in [0.717, 1.165) is 44.9 Å². The van der Waals surface area contributed by atoms with Crippen LogP contribution in [0.5, 0.6) is 0 Å². The van der Waals surface area contributed by atoms with E-state index in [4.69, 9.17) is 10.4 Å². The van der Waals surface area contributed by atoms with Crippen molar-refractivity contribution >= 4 is 7.12 Å². The second kappa shape index (κ2) is 7.49. The molecule has 0 aromatic carbocycles. The second-order valence-corrected chi connectivity index (χ2v) is 8.71. The van der Waals surface area contributed by atoms with Crippen molar-refractivity contribution in [3.8, 4) is 0 Å². The van der Waals surface area contributed by atoms with Crippen LogP contribution in [0.15, 0.2) is 12.7 Å². The first-order chi connectivity index (χ1) is 11.2. The fourth-order valence-corrected chi connectivity index (χ4v) is 4.88. The summed E-state index contributed by atoms with van der Waals surface area (Å²) in [7, 11) is -1.01. The maximum atomic E-state index is 10.9. The van der Waals surface area contributed by atoms with Gasteiger partial charge in [0.15, 0.2) is 0 Å². The monoisotopic (exact) mass is 337 g/mol. The van der Waals surface area contributed by atoms with Gasteiger partial charge in [0.25, 0.3) is 0 Å². The molecule has 4 nitrogen and oxygen atoms in total. The van der Waals surface area contributed by atoms with Gasteiger partial charge in [-0.15, -0.1) is 6.58 Å². The van der Waals surface area contributed by atoms with Gasteiger partial charge in [0.1, 0.15) is 0 Å². The van der Waals surface area contributed by atoms with Crippen molar-refractivity contribution in [3.63, 3.8) is 0 Å². The molecule has 138 valence electrons. The molecule has 3 aliphatic carbocycles. The van der Waals surface area contributed by atoms with Gasteiger partial charge < -0.3 is 20.5 Å². The van der Waals surface area contributed by atoms with E-state index < -0.39 is 24.3 Å². The number of unbranched alkanes of at least 4 members (excludes halogenated alkanes) is 4. The molecule has 0 aliphatic heterocycles. The van der Waals surface area contributed by atoms with Gasteiger partial charge in [-0.05, 0) is 56.8 Å². The lowest BCUT2D eigenvalue weighted by molar-refractivity contribution is -0.305. The topological polar surface area (TPSA) is 75.7 Å². The summed E-state index contributed by atoms with van der Waals surface area (Å²) in [6.07, 6.45) is 10.8. The predicted octanol–water partition coefficient (Wildman–Crippen LogP) is 3.21. The van der Waals surface area contributed by atoms with Crippen LogP contribution in [0.1, 0.15) is 78.6 Å². The quantitative estimate of drug-likeness (QED) is 0.325. The molecule has 4 atom stereocenters. The molecule has 0 amide bonds. The van der Waals surface area contributed by atoms with Crippen molar-refractivity contribution < 1.29 is 14.8 Å². The minimum Gasteiger partial charge on any atom is -0.426 e. The van der Waals surface area contributed by atoms with Crippen LogP contribution in [0.3, 0.4) is 0 Å². The van der Waals surface area contributed by atoms with E-state index in [1.54, 1.807) is 0 Å². The maximum absolute atomic E-state index is 10.9. The summed E-state index contributed by atoms with van der Waals surface area (Å²) in [6, 6.07) is 0. The van der Waals surface area contributed by atoms with E-state index in [1.807, 2.05) is 13.0 Å². The Morgan fingerprint density at radius 3 is 2.54 bits per heavy atom. The van der Waals surface area contributed by atoms with Crippen molar-refractivity contribution in [1.82, 2.24) is 0 Å². The summed E-state index contributed by atoms with van der Waals surface area (Å²) in [5.74, 6) is 0.164. The van der Waals surface area contributed by atoms with Crippen molar-refractivity contribution in [2.24, 2.45) is 17.1 Å². The predicted molar refractivity (Wildman–Crippen MR) is 99.4 cm³/mol. The Hall–Kier alpha value is -0.355. The van der Waals surface area contributed by atoms with Gasteiger partial charge in [-0.3, -0.25) is 0 Å². The summed E-state index contributed by atoms with van der Waals surface area (Å²) in [4.78, 5) is 0. The highest BCUT2D eigenvalue weighted by Crippen LogP contribution is 2.67. The third-order valence-corrected chi connectivity index (χ3v) is 6.83. The summed E-state index contributed by atoms with van der Waals surface area (Å²) in [5, 5.41) is 21.4. The van der Waals surface area contributed by atoms with Gasteiger partial charge in [-0.2, -0.15) is 0 Å². The molecule has 0 heterocycles. The summed E-state index contributed by atoms with van der Waals surface area (Å²) >= 11 is 0.